The number of rotatable bonds is 6. The molecule has 0 bridgehead atoms. The maximum absolute atomic E-state index is 13.0. The van der Waals surface area contributed by atoms with Gasteiger partial charge in [-0.05, 0) is 19.4 Å². The molecular weight excluding hydrogens is 410 g/mol. The number of anilines is 1. The Morgan fingerprint density at radius 1 is 1.13 bits per heavy atom. The van der Waals surface area contributed by atoms with E-state index in [1.807, 2.05) is 19.1 Å². The third-order valence-electron chi connectivity index (χ3n) is 4.95. The summed E-state index contributed by atoms with van der Waals surface area (Å²) in [6, 6.07) is 9.63. The number of hydrogen-bond acceptors (Lipinski definition) is 5. The van der Waals surface area contributed by atoms with Crippen molar-refractivity contribution < 1.29 is 23.9 Å². The summed E-state index contributed by atoms with van der Waals surface area (Å²) in [6.07, 6.45) is 0. The number of amides is 4. The van der Waals surface area contributed by atoms with Crippen molar-refractivity contribution in [3.8, 4) is 11.5 Å². The van der Waals surface area contributed by atoms with Crippen LogP contribution in [0.25, 0.3) is 0 Å². The first-order valence-corrected chi connectivity index (χ1v) is 9.50. The predicted molar refractivity (Wildman–Crippen MR) is 112 cm³/mol. The maximum atomic E-state index is 13.0. The highest BCUT2D eigenvalue weighted by atomic mass is 35.5. The Labute approximate surface area is 179 Å². The van der Waals surface area contributed by atoms with Crippen molar-refractivity contribution in [1.82, 2.24) is 10.2 Å². The van der Waals surface area contributed by atoms with Gasteiger partial charge in [-0.25, -0.2) is 4.79 Å². The largest absolute Gasteiger partial charge is 0.495 e. The molecule has 1 aliphatic heterocycles. The van der Waals surface area contributed by atoms with Crippen molar-refractivity contribution in [3.63, 3.8) is 0 Å². The Hall–Kier alpha value is -3.26. The van der Waals surface area contributed by atoms with E-state index in [2.05, 4.69) is 10.6 Å². The van der Waals surface area contributed by atoms with E-state index in [9.17, 15) is 14.4 Å². The van der Waals surface area contributed by atoms with Gasteiger partial charge >= 0.3 is 6.03 Å². The number of nitrogens with one attached hydrogen (secondary N) is 2. The van der Waals surface area contributed by atoms with Crippen LogP contribution in [0.1, 0.15) is 18.1 Å². The van der Waals surface area contributed by atoms with Gasteiger partial charge in [-0.15, -0.1) is 0 Å². The Kier molecular flexibility index (Phi) is 5.89. The molecule has 0 spiro atoms. The predicted octanol–water partition coefficient (Wildman–Crippen LogP) is 3.07. The monoisotopic (exact) mass is 431 g/mol. The van der Waals surface area contributed by atoms with Gasteiger partial charge in [-0.1, -0.05) is 41.4 Å². The molecule has 2 aromatic rings. The van der Waals surface area contributed by atoms with E-state index < -0.39 is 29.9 Å². The van der Waals surface area contributed by atoms with E-state index in [1.165, 1.54) is 26.4 Å². The number of imide groups is 1. The molecule has 4 amide bonds. The summed E-state index contributed by atoms with van der Waals surface area (Å²) < 4.78 is 10.4. The molecule has 1 saturated heterocycles. The van der Waals surface area contributed by atoms with E-state index in [1.54, 1.807) is 19.1 Å². The van der Waals surface area contributed by atoms with Crippen LogP contribution < -0.4 is 20.1 Å². The first kappa shape index (κ1) is 21.4. The second-order valence-corrected chi connectivity index (χ2v) is 7.45. The summed E-state index contributed by atoms with van der Waals surface area (Å²) in [5.74, 6) is -0.424. The first-order chi connectivity index (χ1) is 14.2. The van der Waals surface area contributed by atoms with E-state index in [-0.39, 0.29) is 0 Å². The average molecular weight is 432 g/mol. The Morgan fingerprint density at radius 2 is 1.77 bits per heavy atom. The van der Waals surface area contributed by atoms with Crippen molar-refractivity contribution in [3.05, 3.63) is 52.5 Å². The van der Waals surface area contributed by atoms with Crippen molar-refractivity contribution >= 4 is 35.1 Å². The molecule has 1 fully saturated rings. The third kappa shape index (κ3) is 3.91. The summed E-state index contributed by atoms with van der Waals surface area (Å²) in [7, 11) is 2.87. The van der Waals surface area contributed by atoms with Gasteiger partial charge in [-0.2, -0.15) is 0 Å². The molecular formula is C21H22ClN3O5. The van der Waals surface area contributed by atoms with Crippen LogP contribution in [0.2, 0.25) is 5.02 Å². The smallest absolute Gasteiger partial charge is 0.325 e. The minimum absolute atomic E-state index is 0.303. The van der Waals surface area contributed by atoms with Crippen LogP contribution >= 0.6 is 11.6 Å². The number of benzene rings is 2. The number of halogens is 1. The SMILES string of the molecule is COc1cc(NC(=O)CN2C(=O)NC(C)(c3ccc(C)cc3)C2=O)c(OC)cc1Cl. The van der Waals surface area contributed by atoms with Crippen LogP contribution in [0.5, 0.6) is 11.5 Å². The lowest BCUT2D eigenvalue weighted by Gasteiger charge is -2.22. The molecule has 9 heteroatoms. The highest BCUT2D eigenvalue weighted by Gasteiger charge is 2.49. The fourth-order valence-electron chi connectivity index (χ4n) is 3.21. The second kappa shape index (κ2) is 8.23. The van der Waals surface area contributed by atoms with Gasteiger partial charge < -0.3 is 20.1 Å². The van der Waals surface area contributed by atoms with Crippen LogP contribution in [0.3, 0.4) is 0 Å². The van der Waals surface area contributed by atoms with Gasteiger partial charge in [0.1, 0.15) is 23.6 Å². The summed E-state index contributed by atoms with van der Waals surface area (Å²) in [5, 5.41) is 5.62. The molecule has 1 heterocycles. The highest BCUT2D eigenvalue weighted by Crippen LogP contribution is 2.36. The molecule has 0 radical (unpaired) electrons. The summed E-state index contributed by atoms with van der Waals surface area (Å²) in [6.45, 7) is 3.08. The number of hydrogen-bond donors (Lipinski definition) is 2. The maximum Gasteiger partial charge on any atom is 0.325 e. The van der Waals surface area contributed by atoms with Crippen LogP contribution in [-0.4, -0.2) is 43.5 Å². The Balaban J connectivity index is 1.78. The molecule has 1 unspecified atom stereocenters. The third-order valence-corrected chi connectivity index (χ3v) is 5.25. The lowest BCUT2D eigenvalue weighted by atomic mass is 9.91. The second-order valence-electron chi connectivity index (χ2n) is 7.05. The van der Waals surface area contributed by atoms with Gasteiger partial charge in [0.25, 0.3) is 5.91 Å². The molecule has 8 nitrogen and oxygen atoms in total. The summed E-state index contributed by atoms with van der Waals surface area (Å²) >= 11 is 6.07. The van der Waals surface area contributed by atoms with Gasteiger partial charge in [0, 0.05) is 12.1 Å². The summed E-state index contributed by atoms with van der Waals surface area (Å²) in [4.78, 5) is 38.9. The van der Waals surface area contributed by atoms with Gasteiger partial charge in [0.2, 0.25) is 5.91 Å². The quantitative estimate of drug-likeness (QED) is 0.685. The molecule has 0 aromatic heterocycles. The number of methoxy groups -OCH3 is 2. The van der Waals surface area contributed by atoms with Crippen LogP contribution in [-0.2, 0) is 15.1 Å². The van der Waals surface area contributed by atoms with Crippen LogP contribution in [0, 0.1) is 6.92 Å². The fraction of sp³-hybridized carbons (Fsp3) is 0.286. The number of aryl methyl sites for hydroxylation is 1. The number of nitrogens with zero attached hydrogens (tertiary/aromatic N) is 1. The van der Waals surface area contributed by atoms with Gasteiger partial charge in [-0.3, -0.25) is 14.5 Å². The molecule has 2 aromatic carbocycles. The molecule has 30 heavy (non-hydrogen) atoms. The minimum Gasteiger partial charge on any atom is -0.495 e. The highest BCUT2D eigenvalue weighted by molar-refractivity contribution is 6.32. The number of carbonyl (C=O) groups excluding carboxylic acids is 3. The minimum atomic E-state index is -1.24. The van der Waals surface area contributed by atoms with Crippen molar-refractivity contribution in [2.45, 2.75) is 19.4 Å². The fourth-order valence-corrected chi connectivity index (χ4v) is 3.45. The lowest BCUT2D eigenvalue weighted by Crippen LogP contribution is -2.42. The van der Waals surface area contributed by atoms with E-state index in [0.29, 0.717) is 27.8 Å². The Bertz CT molecular complexity index is 1010. The van der Waals surface area contributed by atoms with Crippen LogP contribution in [0.4, 0.5) is 10.5 Å². The van der Waals surface area contributed by atoms with E-state index >= 15 is 0 Å². The van der Waals surface area contributed by atoms with E-state index in [4.69, 9.17) is 21.1 Å². The molecule has 0 saturated carbocycles. The molecule has 1 aliphatic rings. The number of carbonyl (C=O) groups is 3. The van der Waals surface area contributed by atoms with Crippen molar-refractivity contribution in [1.29, 1.82) is 0 Å². The zero-order valence-electron chi connectivity index (χ0n) is 17.0. The number of ether oxygens (including phenoxy) is 2. The van der Waals surface area contributed by atoms with Gasteiger partial charge in [0.05, 0.1) is 24.9 Å². The molecule has 158 valence electrons. The number of urea groups is 1. The first-order valence-electron chi connectivity index (χ1n) is 9.12. The van der Waals surface area contributed by atoms with Crippen molar-refractivity contribution in [2.75, 3.05) is 26.1 Å². The van der Waals surface area contributed by atoms with Crippen LogP contribution in [0.15, 0.2) is 36.4 Å². The molecule has 0 aliphatic carbocycles. The zero-order valence-corrected chi connectivity index (χ0v) is 17.8. The Morgan fingerprint density at radius 3 is 2.37 bits per heavy atom. The normalized spacial score (nSPS) is 18.2. The average Bonchev–Trinajstić information content (AvgIpc) is 2.93. The van der Waals surface area contributed by atoms with E-state index in [0.717, 1.165) is 10.5 Å². The van der Waals surface area contributed by atoms with Gasteiger partial charge in [0.15, 0.2) is 0 Å². The summed E-state index contributed by atoms with van der Waals surface area (Å²) in [5.41, 5.74) is 0.727. The lowest BCUT2D eigenvalue weighted by molar-refractivity contribution is -0.133. The van der Waals surface area contributed by atoms with Crippen molar-refractivity contribution in [2.24, 2.45) is 0 Å². The standard InChI is InChI=1S/C21H22ClN3O5/c1-12-5-7-13(8-6-12)21(2)19(27)25(20(28)24-21)11-18(26)23-15-10-16(29-3)14(22)9-17(15)30-4/h5-10H,11H2,1-4H3,(H,23,26)(H,24,28). The zero-order chi connectivity index (χ0) is 22.1. The molecule has 3 rings (SSSR count). The molecule has 2 N–H and O–H groups in total. The topological polar surface area (TPSA) is 97.0 Å². The molecule has 1 atom stereocenters.